The van der Waals surface area contributed by atoms with Gasteiger partial charge in [0.25, 0.3) is 5.91 Å². The number of alkyl halides is 1. The van der Waals surface area contributed by atoms with Gasteiger partial charge in [-0.25, -0.2) is 0 Å². The van der Waals surface area contributed by atoms with Crippen molar-refractivity contribution in [3.63, 3.8) is 0 Å². The lowest BCUT2D eigenvalue weighted by molar-refractivity contribution is 0.0956. The molecule has 2 nitrogen and oxygen atoms in total. The molecule has 84 valence electrons. The Labute approximate surface area is 107 Å². The number of amides is 1. The molecule has 1 aromatic heterocycles. The predicted molar refractivity (Wildman–Crippen MR) is 72.5 cm³/mol. The highest BCUT2D eigenvalue weighted by atomic mass is 79.9. The maximum absolute atomic E-state index is 11.9. The quantitative estimate of drug-likeness (QED) is 0.864. The SMILES string of the molecule is CC(Br)CNC(=O)c1csc2ccccc12. The number of nitrogens with one attached hydrogen (secondary N) is 1. The highest BCUT2D eigenvalue weighted by molar-refractivity contribution is 9.09. The van der Waals surface area contributed by atoms with Crippen LogP contribution in [0.5, 0.6) is 0 Å². The minimum Gasteiger partial charge on any atom is -0.351 e. The van der Waals surface area contributed by atoms with Crippen molar-refractivity contribution in [2.24, 2.45) is 0 Å². The Morgan fingerprint density at radius 1 is 1.50 bits per heavy atom. The van der Waals surface area contributed by atoms with Crippen LogP contribution in [-0.2, 0) is 0 Å². The molecule has 0 fully saturated rings. The van der Waals surface area contributed by atoms with Crippen LogP contribution in [0.2, 0.25) is 0 Å². The van der Waals surface area contributed by atoms with Crippen LogP contribution < -0.4 is 5.32 Å². The minimum absolute atomic E-state index is 0.00347. The van der Waals surface area contributed by atoms with Crippen LogP contribution in [-0.4, -0.2) is 17.3 Å². The van der Waals surface area contributed by atoms with Crippen LogP contribution in [0, 0.1) is 0 Å². The highest BCUT2D eigenvalue weighted by Gasteiger charge is 2.11. The second kappa shape index (κ2) is 4.97. The van der Waals surface area contributed by atoms with E-state index in [0.717, 1.165) is 15.6 Å². The van der Waals surface area contributed by atoms with Crippen molar-refractivity contribution >= 4 is 43.3 Å². The van der Waals surface area contributed by atoms with Crippen molar-refractivity contribution in [2.45, 2.75) is 11.8 Å². The molecular weight excluding hydrogens is 286 g/mol. The van der Waals surface area contributed by atoms with Gasteiger partial charge < -0.3 is 5.32 Å². The predicted octanol–water partition coefficient (Wildman–Crippen LogP) is 3.41. The monoisotopic (exact) mass is 297 g/mol. The summed E-state index contributed by atoms with van der Waals surface area (Å²) in [6.07, 6.45) is 0. The number of hydrogen-bond acceptors (Lipinski definition) is 2. The van der Waals surface area contributed by atoms with Crippen molar-refractivity contribution in [2.75, 3.05) is 6.54 Å². The number of halogens is 1. The molecule has 0 radical (unpaired) electrons. The molecule has 0 saturated heterocycles. The molecule has 16 heavy (non-hydrogen) atoms. The summed E-state index contributed by atoms with van der Waals surface area (Å²) in [6, 6.07) is 7.96. The molecule has 4 heteroatoms. The lowest BCUT2D eigenvalue weighted by Gasteiger charge is -2.05. The van der Waals surface area contributed by atoms with Gasteiger partial charge in [0, 0.05) is 26.8 Å². The van der Waals surface area contributed by atoms with E-state index in [2.05, 4.69) is 21.2 Å². The molecule has 2 rings (SSSR count). The standard InChI is InChI=1S/C12H12BrNOS/c1-8(13)6-14-12(15)10-7-16-11-5-3-2-4-9(10)11/h2-5,7-8H,6H2,1H3,(H,14,15). The first-order valence-corrected chi connectivity index (χ1v) is 6.86. The number of rotatable bonds is 3. The molecule has 0 aliphatic heterocycles. The van der Waals surface area contributed by atoms with Crippen LogP contribution >= 0.6 is 27.3 Å². The van der Waals surface area contributed by atoms with Gasteiger partial charge in [-0.15, -0.1) is 11.3 Å². The number of thiophene rings is 1. The normalized spacial score (nSPS) is 12.6. The van der Waals surface area contributed by atoms with E-state index in [9.17, 15) is 4.79 Å². The van der Waals surface area contributed by atoms with Crippen LogP contribution in [0.25, 0.3) is 10.1 Å². The Kier molecular flexibility index (Phi) is 3.61. The Morgan fingerprint density at radius 3 is 3.00 bits per heavy atom. The summed E-state index contributed by atoms with van der Waals surface area (Å²) in [5, 5.41) is 5.85. The summed E-state index contributed by atoms with van der Waals surface area (Å²) in [5.41, 5.74) is 0.772. The molecule has 1 aromatic carbocycles. The van der Waals surface area contributed by atoms with E-state index in [1.54, 1.807) is 11.3 Å². The largest absolute Gasteiger partial charge is 0.351 e. The van der Waals surface area contributed by atoms with E-state index in [4.69, 9.17) is 0 Å². The maximum Gasteiger partial charge on any atom is 0.252 e. The topological polar surface area (TPSA) is 29.1 Å². The molecular formula is C12H12BrNOS. The first kappa shape index (κ1) is 11.6. The smallest absolute Gasteiger partial charge is 0.252 e. The van der Waals surface area contributed by atoms with Crippen molar-refractivity contribution in [3.05, 3.63) is 35.2 Å². The fourth-order valence-electron chi connectivity index (χ4n) is 1.48. The fourth-order valence-corrected chi connectivity index (χ4v) is 2.58. The van der Waals surface area contributed by atoms with Gasteiger partial charge >= 0.3 is 0 Å². The summed E-state index contributed by atoms with van der Waals surface area (Å²) in [5.74, 6) is 0.00347. The molecule has 0 saturated carbocycles. The summed E-state index contributed by atoms with van der Waals surface area (Å²) in [4.78, 5) is 12.2. The van der Waals surface area contributed by atoms with Gasteiger partial charge in [0.15, 0.2) is 0 Å². The second-order valence-electron chi connectivity index (χ2n) is 3.64. The zero-order valence-corrected chi connectivity index (χ0v) is 11.3. The lowest BCUT2D eigenvalue weighted by atomic mass is 10.1. The summed E-state index contributed by atoms with van der Waals surface area (Å²) < 4.78 is 1.15. The molecule has 0 aliphatic carbocycles. The second-order valence-corrected chi connectivity index (χ2v) is 6.11. The number of hydrogen-bond donors (Lipinski definition) is 1. The maximum atomic E-state index is 11.9. The summed E-state index contributed by atoms with van der Waals surface area (Å²) in [7, 11) is 0. The third-order valence-corrected chi connectivity index (χ3v) is 3.56. The fraction of sp³-hybridized carbons (Fsp3) is 0.250. The van der Waals surface area contributed by atoms with Crippen LogP contribution in [0.4, 0.5) is 0 Å². The van der Waals surface area contributed by atoms with E-state index in [1.165, 1.54) is 0 Å². The molecule has 1 unspecified atom stereocenters. The molecule has 1 atom stereocenters. The van der Waals surface area contributed by atoms with Crippen molar-refractivity contribution < 1.29 is 4.79 Å². The summed E-state index contributed by atoms with van der Waals surface area (Å²) >= 11 is 5.01. The molecule has 0 spiro atoms. The van der Waals surface area contributed by atoms with Crippen LogP contribution in [0.15, 0.2) is 29.6 Å². The number of carbonyl (C=O) groups is 1. The molecule has 2 aromatic rings. The Bertz CT molecular complexity index is 506. The van der Waals surface area contributed by atoms with E-state index in [0.29, 0.717) is 11.4 Å². The minimum atomic E-state index is 0.00347. The Balaban J connectivity index is 2.23. The Hall–Kier alpha value is -0.870. The van der Waals surface area contributed by atoms with Gasteiger partial charge in [-0.1, -0.05) is 41.1 Å². The number of carbonyl (C=O) groups excluding carboxylic acids is 1. The number of fused-ring (bicyclic) bond motifs is 1. The van der Waals surface area contributed by atoms with E-state index >= 15 is 0 Å². The third kappa shape index (κ3) is 2.44. The molecule has 1 amide bonds. The number of benzene rings is 1. The van der Waals surface area contributed by atoms with Crippen molar-refractivity contribution in [1.29, 1.82) is 0 Å². The van der Waals surface area contributed by atoms with E-state index < -0.39 is 0 Å². The zero-order valence-electron chi connectivity index (χ0n) is 8.87. The van der Waals surface area contributed by atoms with Crippen LogP contribution in [0.3, 0.4) is 0 Å². The lowest BCUT2D eigenvalue weighted by Crippen LogP contribution is -2.28. The van der Waals surface area contributed by atoms with Crippen molar-refractivity contribution in [3.8, 4) is 0 Å². The average Bonchev–Trinajstić information content (AvgIpc) is 2.69. The first-order valence-electron chi connectivity index (χ1n) is 5.07. The van der Waals surface area contributed by atoms with Gasteiger partial charge in [0.1, 0.15) is 0 Å². The highest BCUT2D eigenvalue weighted by Crippen LogP contribution is 2.25. The average molecular weight is 298 g/mol. The van der Waals surface area contributed by atoms with Gasteiger partial charge in [0.05, 0.1) is 5.56 Å². The third-order valence-electron chi connectivity index (χ3n) is 2.27. The molecule has 0 bridgehead atoms. The van der Waals surface area contributed by atoms with Gasteiger partial charge in [-0.3, -0.25) is 4.79 Å². The zero-order chi connectivity index (χ0) is 11.5. The van der Waals surface area contributed by atoms with Gasteiger partial charge in [0.2, 0.25) is 0 Å². The molecule has 1 heterocycles. The van der Waals surface area contributed by atoms with E-state index in [1.807, 2.05) is 36.6 Å². The first-order chi connectivity index (χ1) is 7.68. The summed E-state index contributed by atoms with van der Waals surface area (Å²) in [6.45, 7) is 2.65. The van der Waals surface area contributed by atoms with Gasteiger partial charge in [-0.2, -0.15) is 0 Å². The van der Waals surface area contributed by atoms with Gasteiger partial charge in [-0.05, 0) is 6.07 Å². The van der Waals surface area contributed by atoms with Crippen LogP contribution in [0.1, 0.15) is 17.3 Å². The molecule has 0 aliphatic rings. The Morgan fingerprint density at radius 2 is 2.25 bits per heavy atom. The van der Waals surface area contributed by atoms with Crippen molar-refractivity contribution in [1.82, 2.24) is 5.32 Å². The molecule has 1 N–H and O–H groups in total. The van der Waals surface area contributed by atoms with E-state index in [-0.39, 0.29) is 5.91 Å².